The van der Waals surface area contributed by atoms with Crippen molar-refractivity contribution in [3.05, 3.63) is 65.0 Å². The van der Waals surface area contributed by atoms with E-state index in [1.807, 2.05) is 30.3 Å². The highest BCUT2D eigenvalue weighted by molar-refractivity contribution is 6.17. The van der Waals surface area contributed by atoms with E-state index in [-0.39, 0.29) is 11.7 Å². The third-order valence-electron chi connectivity index (χ3n) is 3.04. The Bertz CT molecular complexity index is 569. The molecule has 2 aromatic rings. The van der Waals surface area contributed by atoms with E-state index in [9.17, 15) is 4.39 Å². The van der Waals surface area contributed by atoms with Gasteiger partial charge in [-0.15, -0.1) is 11.6 Å². The van der Waals surface area contributed by atoms with Crippen molar-refractivity contribution in [3.8, 4) is 5.75 Å². The molecule has 4 heteroatoms. The van der Waals surface area contributed by atoms with E-state index in [0.29, 0.717) is 23.5 Å². The second-order valence-corrected chi connectivity index (χ2v) is 4.63. The lowest BCUT2D eigenvalue weighted by molar-refractivity contribution is -0.112. The first kappa shape index (κ1) is 12.5. The first-order chi connectivity index (χ1) is 9.28. The van der Waals surface area contributed by atoms with Crippen LogP contribution < -0.4 is 4.74 Å². The zero-order valence-electron chi connectivity index (χ0n) is 10.1. The van der Waals surface area contributed by atoms with Crippen LogP contribution in [0, 0.1) is 5.82 Å². The summed E-state index contributed by atoms with van der Waals surface area (Å²) in [6.45, 7) is 0.316. The van der Waals surface area contributed by atoms with Crippen molar-refractivity contribution < 1.29 is 13.9 Å². The monoisotopic (exact) mass is 278 g/mol. The van der Waals surface area contributed by atoms with E-state index in [1.54, 1.807) is 0 Å². The Kier molecular flexibility index (Phi) is 3.40. The number of rotatable bonds is 2. The van der Waals surface area contributed by atoms with Crippen molar-refractivity contribution in [2.24, 2.45) is 0 Å². The van der Waals surface area contributed by atoms with Crippen LogP contribution in [0.15, 0.2) is 42.5 Å². The van der Waals surface area contributed by atoms with Gasteiger partial charge in [-0.3, -0.25) is 0 Å². The predicted molar refractivity (Wildman–Crippen MR) is 70.6 cm³/mol. The Morgan fingerprint density at radius 3 is 2.74 bits per heavy atom. The van der Waals surface area contributed by atoms with Crippen molar-refractivity contribution in [2.75, 3.05) is 0 Å². The van der Waals surface area contributed by atoms with Gasteiger partial charge >= 0.3 is 0 Å². The summed E-state index contributed by atoms with van der Waals surface area (Å²) in [4.78, 5) is 0. The fourth-order valence-corrected chi connectivity index (χ4v) is 2.35. The molecule has 2 nitrogen and oxygen atoms in total. The fourth-order valence-electron chi connectivity index (χ4n) is 2.15. The first-order valence-corrected chi connectivity index (χ1v) is 6.52. The van der Waals surface area contributed by atoms with Crippen LogP contribution in [0.3, 0.4) is 0 Å². The maximum atomic E-state index is 13.4. The van der Waals surface area contributed by atoms with Gasteiger partial charge in [-0.25, -0.2) is 4.39 Å². The lowest BCUT2D eigenvalue weighted by Gasteiger charge is -2.28. The van der Waals surface area contributed by atoms with Gasteiger partial charge in [-0.2, -0.15) is 0 Å². The summed E-state index contributed by atoms with van der Waals surface area (Å²) >= 11 is 5.84. The molecule has 0 N–H and O–H groups in total. The van der Waals surface area contributed by atoms with Crippen LogP contribution in [-0.2, 0) is 17.2 Å². The van der Waals surface area contributed by atoms with Crippen LogP contribution in [0.4, 0.5) is 4.39 Å². The molecule has 0 aliphatic carbocycles. The molecule has 0 radical (unpaired) electrons. The number of hydrogen-bond acceptors (Lipinski definition) is 2. The Balaban J connectivity index is 1.95. The number of ether oxygens (including phenoxy) is 2. The molecule has 2 aromatic carbocycles. The molecule has 1 aliphatic heterocycles. The topological polar surface area (TPSA) is 18.5 Å². The summed E-state index contributed by atoms with van der Waals surface area (Å²) in [5.41, 5.74) is 2.28. The van der Waals surface area contributed by atoms with E-state index in [1.165, 1.54) is 12.1 Å². The molecule has 0 fully saturated rings. The van der Waals surface area contributed by atoms with E-state index < -0.39 is 6.29 Å². The van der Waals surface area contributed by atoms with Crippen LogP contribution in [0.5, 0.6) is 5.75 Å². The highest BCUT2D eigenvalue weighted by Gasteiger charge is 2.24. The third kappa shape index (κ3) is 2.44. The van der Waals surface area contributed by atoms with Gasteiger partial charge in [0.1, 0.15) is 11.6 Å². The second-order valence-electron chi connectivity index (χ2n) is 4.36. The molecule has 0 saturated carbocycles. The number of fused-ring (bicyclic) bond motifs is 1. The standard InChI is InChI=1S/C15H12ClFO2/c16-8-11-6-13(17)7-12-9-18-15(19-14(11)12)10-4-2-1-3-5-10/h1-7,15H,8-9H2/t15-/m1/s1. The Morgan fingerprint density at radius 2 is 2.00 bits per heavy atom. The lowest BCUT2D eigenvalue weighted by Crippen LogP contribution is -2.19. The Morgan fingerprint density at radius 1 is 1.21 bits per heavy atom. The van der Waals surface area contributed by atoms with Crippen LogP contribution in [-0.4, -0.2) is 0 Å². The largest absolute Gasteiger partial charge is 0.460 e. The van der Waals surface area contributed by atoms with Crippen molar-refractivity contribution in [1.82, 2.24) is 0 Å². The van der Waals surface area contributed by atoms with Crippen LogP contribution >= 0.6 is 11.6 Å². The minimum atomic E-state index is -0.471. The smallest absolute Gasteiger partial charge is 0.227 e. The van der Waals surface area contributed by atoms with Gasteiger partial charge in [0.15, 0.2) is 0 Å². The maximum absolute atomic E-state index is 13.4. The van der Waals surface area contributed by atoms with Gasteiger partial charge < -0.3 is 9.47 Å². The van der Waals surface area contributed by atoms with Crippen molar-refractivity contribution in [1.29, 1.82) is 0 Å². The average Bonchev–Trinajstić information content (AvgIpc) is 2.46. The highest BCUT2D eigenvalue weighted by Crippen LogP contribution is 2.36. The predicted octanol–water partition coefficient (Wildman–Crippen LogP) is 4.17. The summed E-state index contributed by atoms with van der Waals surface area (Å²) in [6, 6.07) is 12.5. The zero-order chi connectivity index (χ0) is 13.2. The van der Waals surface area contributed by atoms with Gasteiger partial charge in [0.2, 0.25) is 6.29 Å². The van der Waals surface area contributed by atoms with E-state index in [2.05, 4.69) is 0 Å². The molecule has 19 heavy (non-hydrogen) atoms. The quantitative estimate of drug-likeness (QED) is 0.768. The molecular formula is C15H12ClFO2. The number of benzene rings is 2. The van der Waals surface area contributed by atoms with E-state index >= 15 is 0 Å². The lowest BCUT2D eigenvalue weighted by atomic mass is 10.1. The van der Waals surface area contributed by atoms with Crippen molar-refractivity contribution >= 4 is 11.6 Å². The van der Waals surface area contributed by atoms with Crippen molar-refractivity contribution in [3.63, 3.8) is 0 Å². The van der Waals surface area contributed by atoms with Gasteiger partial charge in [0.25, 0.3) is 0 Å². The summed E-state index contributed by atoms with van der Waals surface area (Å²) in [5, 5.41) is 0. The summed E-state index contributed by atoms with van der Waals surface area (Å²) in [6.07, 6.45) is -0.471. The molecule has 1 atom stereocenters. The number of hydrogen-bond donors (Lipinski definition) is 0. The van der Waals surface area contributed by atoms with E-state index in [4.69, 9.17) is 21.1 Å². The van der Waals surface area contributed by atoms with Gasteiger partial charge in [0.05, 0.1) is 12.5 Å². The SMILES string of the molecule is Fc1cc(CCl)c2c(c1)CO[C@@H](c1ccccc1)O2. The fraction of sp³-hybridized carbons (Fsp3) is 0.200. The maximum Gasteiger partial charge on any atom is 0.227 e. The molecular weight excluding hydrogens is 267 g/mol. The molecule has 0 spiro atoms. The van der Waals surface area contributed by atoms with Crippen LogP contribution in [0.1, 0.15) is 23.0 Å². The molecule has 0 aromatic heterocycles. The van der Waals surface area contributed by atoms with Crippen LogP contribution in [0.25, 0.3) is 0 Å². The van der Waals surface area contributed by atoms with Gasteiger partial charge in [0, 0.05) is 16.7 Å². The Labute approximate surface area is 115 Å². The minimum Gasteiger partial charge on any atom is -0.460 e. The van der Waals surface area contributed by atoms with Gasteiger partial charge in [-0.05, 0) is 12.1 Å². The number of alkyl halides is 1. The summed E-state index contributed by atoms with van der Waals surface area (Å²) in [5.74, 6) is 0.526. The normalized spacial score (nSPS) is 17.7. The van der Waals surface area contributed by atoms with Crippen molar-refractivity contribution in [2.45, 2.75) is 18.8 Å². The number of halogens is 2. The van der Waals surface area contributed by atoms with Crippen LogP contribution in [0.2, 0.25) is 0 Å². The van der Waals surface area contributed by atoms with Gasteiger partial charge in [-0.1, -0.05) is 30.3 Å². The van der Waals surface area contributed by atoms with E-state index in [0.717, 1.165) is 5.56 Å². The molecule has 0 bridgehead atoms. The summed E-state index contributed by atoms with van der Waals surface area (Å²) in [7, 11) is 0. The second kappa shape index (κ2) is 5.19. The molecule has 1 aliphatic rings. The zero-order valence-corrected chi connectivity index (χ0v) is 10.9. The molecule has 98 valence electrons. The molecule has 0 unspecified atom stereocenters. The third-order valence-corrected chi connectivity index (χ3v) is 3.33. The summed E-state index contributed by atoms with van der Waals surface area (Å²) < 4.78 is 24.8. The average molecular weight is 279 g/mol. The first-order valence-electron chi connectivity index (χ1n) is 5.98. The molecule has 1 heterocycles. The highest BCUT2D eigenvalue weighted by atomic mass is 35.5. The Hall–Kier alpha value is -1.58. The molecule has 3 rings (SSSR count). The minimum absolute atomic E-state index is 0.210. The molecule has 0 amide bonds. The molecule has 0 saturated heterocycles.